The highest BCUT2D eigenvalue weighted by Gasteiger charge is 2.30. The largest absolute Gasteiger partial charge is 0.472 e. The fourth-order valence-electron chi connectivity index (χ4n) is 13.0. The van der Waals surface area contributed by atoms with Gasteiger partial charge < -0.3 is 33.8 Å². The summed E-state index contributed by atoms with van der Waals surface area (Å²) in [5, 5.41) is 10.7. The Morgan fingerprint density at radius 2 is 0.408 bits per heavy atom. The molecular weight excluding hydrogens is 1340 g/mol. The fraction of sp³-hybridized carbons (Fsp3) is 0.952. The lowest BCUT2D eigenvalue weighted by atomic mass is 10.0. The summed E-state index contributed by atoms with van der Waals surface area (Å²) in [4.78, 5) is 73.1. The van der Waals surface area contributed by atoms with Crippen LogP contribution >= 0.6 is 15.6 Å². The first-order valence-corrected chi connectivity index (χ1v) is 46.2. The molecular formula is C84H164O17P2. The molecule has 0 bridgehead atoms. The molecule has 103 heavy (non-hydrogen) atoms. The van der Waals surface area contributed by atoms with Gasteiger partial charge in [-0.15, -0.1) is 0 Å². The smallest absolute Gasteiger partial charge is 0.462 e. The Hall–Kier alpha value is -1.94. The van der Waals surface area contributed by atoms with Crippen molar-refractivity contribution >= 4 is 39.5 Å². The number of carbonyl (C=O) groups excluding carboxylic acids is 4. The summed E-state index contributed by atoms with van der Waals surface area (Å²) in [5.74, 6) is 0.981. The van der Waals surface area contributed by atoms with Gasteiger partial charge >= 0.3 is 39.5 Å². The third-order valence-corrected chi connectivity index (χ3v) is 21.5. The van der Waals surface area contributed by atoms with Crippen LogP contribution in [-0.2, 0) is 65.4 Å². The van der Waals surface area contributed by atoms with Gasteiger partial charge in [0.15, 0.2) is 12.2 Å². The summed E-state index contributed by atoms with van der Waals surface area (Å²) in [6.45, 7) is 14.3. The summed E-state index contributed by atoms with van der Waals surface area (Å²) in [6, 6.07) is 0. The van der Waals surface area contributed by atoms with Crippen LogP contribution in [0.25, 0.3) is 0 Å². The fourth-order valence-corrected chi connectivity index (χ4v) is 14.5. The second kappa shape index (κ2) is 72.9. The van der Waals surface area contributed by atoms with Crippen molar-refractivity contribution in [3.63, 3.8) is 0 Å². The molecule has 0 aliphatic heterocycles. The van der Waals surface area contributed by atoms with E-state index in [0.717, 1.165) is 114 Å². The molecule has 5 atom stereocenters. The van der Waals surface area contributed by atoms with Crippen LogP contribution < -0.4 is 0 Å². The predicted molar refractivity (Wildman–Crippen MR) is 423 cm³/mol. The Bertz CT molecular complexity index is 2010. The van der Waals surface area contributed by atoms with Gasteiger partial charge in [-0.3, -0.25) is 37.3 Å². The first-order valence-electron chi connectivity index (χ1n) is 43.2. The van der Waals surface area contributed by atoms with Gasteiger partial charge in [0.25, 0.3) is 0 Å². The highest BCUT2D eigenvalue weighted by atomic mass is 31.2. The minimum atomic E-state index is -4.96. The van der Waals surface area contributed by atoms with Gasteiger partial charge in [0.2, 0.25) is 0 Å². The molecule has 17 nitrogen and oxygen atoms in total. The number of esters is 4. The minimum Gasteiger partial charge on any atom is -0.462 e. The van der Waals surface area contributed by atoms with E-state index in [4.69, 9.17) is 37.0 Å². The lowest BCUT2D eigenvalue weighted by molar-refractivity contribution is -0.161. The molecule has 0 fully saturated rings. The zero-order valence-electron chi connectivity index (χ0n) is 68.0. The predicted octanol–water partition coefficient (Wildman–Crippen LogP) is 25.2. The monoisotopic (exact) mass is 1510 g/mol. The van der Waals surface area contributed by atoms with Gasteiger partial charge in [0, 0.05) is 25.7 Å². The average molecular weight is 1510 g/mol. The standard InChI is InChI=1S/C84H164O17P2/c1-74(2)60-52-44-36-29-23-19-15-11-9-10-12-17-21-25-33-41-50-58-66-83(88)100-79(70-94-81(86)64-56-48-40-32-28-27-31-38-46-54-62-76(5)6)72-98-102(90,91)96-68-78(85)69-97-103(92,93)99-73-80(71-95-82(87)65-57-49-43-35-39-47-55-63-77(7)8)101-84(89)67-59-51-42-34-26-22-18-14-13-16-20-24-30-37-45-53-61-75(3)4/h74-80,85H,9-73H2,1-8H3,(H,90,91)(H,92,93)/t78?,79-,80-/m1/s1. The number of carbonyl (C=O) groups is 4. The van der Waals surface area contributed by atoms with Crippen LogP contribution in [0, 0.1) is 23.7 Å². The van der Waals surface area contributed by atoms with E-state index in [9.17, 15) is 43.2 Å². The van der Waals surface area contributed by atoms with Gasteiger partial charge in [0.05, 0.1) is 26.4 Å². The molecule has 19 heteroatoms. The van der Waals surface area contributed by atoms with Crippen molar-refractivity contribution in [1.29, 1.82) is 0 Å². The second-order valence-electron chi connectivity index (χ2n) is 32.1. The van der Waals surface area contributed by atoms with Crippen molar-refractivity contribution in [3.8, 4) is 0 Å². The Kier molecular flexibility index (Phi) is 71.5. The molecule has 0 radical (unpaired) electrons. The molecule has 0 aliphatic carbocycles. The molecule has 0 aromatic carbocycles. The third-order valence-electron chi connectivity index (χ3n) is 19.6. The quantitative estimate of drug-likeness (QED) is 0.0222. The average Bonchev–Trinajstić information content (AvgIpc) is 0.912. The van der Waals surface area contributed by atoms with Gasteiger partial charge in [0.1, 0.15) is 19.3 Å². The lowest BCUT2D eigenvalue weighted by Gasteiger charge is -2.21. The molecule has 0 rings (SSSR count). The first-order chi connectivity index (χ1) is 49.6. The molecule has 3 N–H and O–H groups in total. The van der Waals surface area contributed by atoms with Crippen LogP contribution in [0.5, 0.6) is 0 Å². The van der Waals surface area contributed by atoms with E-state index in [-0.39, 0.29) is 25.7 Å². The molecule has 0 saturated heterocycles. The number of aliphatic hydroxyl groups is 1. The Morgan fingerprint density at radius 3 is 0.602 bits per heavy atom. The molecule has 3 unspecified atom stereocenters. The highest BCUT2D eigenvalue weighted by Crippen LogP contribution is 2.45. The maximum Gasteiger partial charge on any atom is 0.472 e. The summed E-state index contributed by atoms with van der Waals surface area (Å²) in [6.07, 6.45) is 61.2. The Balaban J connectivity index is 5.20. The summed E-state index contributed by atoms with van der Waals surface area (Å²) < 4.78 is 68.8. The van der Waals surface area contributed by atoms with Crippen molar-refractivity contribution in [2.75, 3.05) is 39.6 Å². The normalized spacial score (nSPS) is 14.0. The van der Waals surface area contributed by atoms with Crippen LogP contribution in [-0.4, -0.2) is 96.7 Å². The molecule has 0 aromatic rings. The van der Waals surface area contributed by atoms with E-state index in [0.29, 0.717) is 31.6 Å². The van der Waals surface area contributed by atoms with E-state index in [2.05, 4.69) is 55.4 Å². The van der Waals surface area contributed by atoms with E-state index in [1.165, 1.54) is 231 Å². The van der Waals surface area contributed by atoms with E-state index < -0.39 is 97.5 Å². The van der Waals surface area contributed by atoms with E-state index in [1.807, 2.05) is 0 Å². The van der Waals surface area contributed by atoms with Crippen molar-refractivity contribution in [2.24, 2.45) is 23.7 Å². The summed E-state index contributed by atoms with van der Waals surface area (Å²) in [5.41, 5.74) is 0. The number of hydrogen-bond acceptors (Lipinski definition) is 15. The zero-order chi connectivity index (χ0) is 76.0. The van der Waals surface area contributed by atoms with Gasteiger partial charge in [-0.05, 0) is 49.4 Å². The molecule has 0 aromatic heterocycles. The lowest BCUT2D eigenvalue weighted by Crippen LogP contribution is -2.30. The minimum absolute atomic E-state index is 0.107. The molecule has 0 saturated carbocycles. The maximum atomic E-state index is 13.1. The Morgan fingerprint density at radius 1 is 0.243 bits per heavy atom. The van der Waals surface area contributed by atoms with Crippen molar-refractivity contribution in [3.05, 3.63) is 0 Å². The summed E-state index contributed by atoms with van der Waals surface area (Å²) in [7, 11) is -9.93. The Labute approximate surface area is 632 Å². The van der Waals surface area contributed by atoms with E-state index >= 15 is 0 Å². The van der Waals surface area contributed by atoms with Gasteiger partial charge in [-0.25, -0.2) is 9.13 Å². The molecule has 0 spiro atoms. The molecule has 0 aliphatic rings. The van der Waals surface area contributed by atoms with Crippen LogP contribution in [0.4, 0.5) is 0 Å². The number of phosphoric ester groups is 2. The third kappa shape index (κ3) is 78.0. The van der Waals surface area contributed by atoms with Crippen LogP contribution in [0.3, 0.4) is 0 Å². The molecule has 612 valence electrons. The van der Waals surface area contributed by atoms with E-state index in [1.54, 1.807) is 0 Å². The maximum absolute atomic E-state index is 13.1. The number of rotatable bonds is 81. The van der Waals surface area contributed by atoms with Crippen LogP contribution in [0.1, 0.15) is 434 Å². The second-order valence-corrected chi connectivity index (χ2v) is 35.0. The first kappa shape index (κ1) is 101. The van der Waals surface area contributed by atoms with Crippen LogP contribution in [0.2, 0.25) is 0 Å². The number of hydrogen-bond donors (Lipinski definition) is 3. The summed E-state index contributed by atoms with van der Waals surface area (Å²) >= 11 is 0. The number of ether oxygens (including phenoxy) is 4. The number of unbranched alkanes of at least 4 members (excludes halogenated alkanes) is 47. The van der Waals surface area contributed by atoms with Crippen LogP contribution in [0.15, 0.2) is 0 Å². The molecule has 0 amide bonds. The SMILES string of the molecule is CC(C)CCCCCCCCCCCCCCCCCCCCC(=O)O[C@H](COC(=O)CCCCCCCCCCCCC(C)C)COP(=O)(O)OCC(O)COP(=O)(O)OC[C@@H](COC(=O)CCCCCCCCCC(C)C)OC(=O)CCCCCCCCCCCCCCCCCCC(C)C. The number of phosphoric acid groups is 2. The van der Waals surface area contributed by atoms with Crippen molar-refractivity contribution in [1.82, 2.24) is 0 Å². The molecule has 0 heterocycles. The van der Waals surface area contributed by atoms with Crippen molar-refractivity contribution in [2.45, 2.75) is 453 Å². The number of aliphatic hydroxyl groups excluding tert-OH is 1. The van der Waals surface area contributed by atoms with Crippen molar-refractivity contribution < 1.29 is 80.2 Å². The van der Waals surface area contributed by atoms with Gasteiger partial charge in [-0.2, -0.15) is 0 Å². The van der Waals surface area contributed by atoms with Gasteiger partial charge in [-0.1, -0.05) is 383 Å². The highest BCUT2D eigenvalue weighted by molar-refractivity contribution is 7.47. The topological polar surface area (TPSA) is 237 Å². The zero-order valence-corrected chi connectivity index (χ0v) is 69.7.